The molecule has 2 rings (SSSR count). The molecule has 0 heterocycles. The SMILES string of the molecule is CCOC(=O)/C=C1\CCC[C@]2(C)[C@@H]([C@H](C)CCCC(C)(C)OCOC)CC[C@@H]12. The zero-order valence-corrected chi connectivity index (χ0v) is 19.0. The highest BCUT2D eigenvalue weighted by Crippen LogP contribution is 2.59. The van der Waals surface area contributed by atoms with Gasteiger partial charge in [0.25, 0.3) is 0 Å². The van der Waals surface area contributed by atoms with Crippen LogP contribution in [0.3, 0.4) is 0 Å². The smallest absolute Gasteiger partial charge is 0.330 e. The number of methoxy groups -OCH3 is 1. The Balaban J connectivity index is 1.95. The molecule has 0 amide bonds. The van der Waals surface area contributed by atoms with Gasteiger partial charge in [0.2, 0.25) is 0 Å². The lowest BCUT2D eigenvalue weighted by atomic mass is 9.60. The zero-order valence-electron chi connectivity index (χ0n) is 19.0. The maximum atomic E-state index is 12.0. The van der Waals surface area contributed by atoms with Crippen molar-refractivity contribution in [3.8, 4) is 0 Å². The van der Waals surface area contributed by atoms with Gasteiger partial charge in [-0.25, -0.2) is 4.79 Å². The van der Waals surface area contributed by atoms with E-state index in [1.165, 1.54) is 44.1 Å². The average molecular weight is 395 g/mol. The van der Waals surface area contributed by atoms with Gasteiger partial charge in [0.1, 0.15) is 6.79 Å². The third-order valence-electron chi connectivity index (χ3n) is 7.32. The molecule has 0 unspecified atom stereocenters. The molecule has 2 aliphatic rings. The second-order valence-corrected chi connectivity index (χ2v) is 9.75. The van der Waals surface area contributed by atoms with Crippen molar-refractivity contribution in [3.05, 3.63) is 11.6 Å². The number of rotatable bonds is 10. The average Bonchev–Trinajstić information content (AvgIpc) is 2.98. The van der Waals surface area contributed by atoms with Gasteiger partial charge in [-0.2, -0.15) is 0 Å². The van der Waals surface area contributed by atoms with Crippen molar-refractivity contribution in [1.82, 2.24) is 0 Å². The van der Waals surface area contributed by atoms with Crippen LogP contribution >= 0.6 is 0 Å². The number of fused-ring (bicyclic) bond motifs is 1. The fraction of sp³-hybridized carbons (Fsp3) is 0.875. The number of hydrogen-bond acceptors (Lipinski definition) is 4. The molecule has 162 valence electrons. The Morgan fingerprint density at radius 2 is 2.11 bits per heavy atom. The first-order chi connectivity index (χ1) is 13.2. The molecule has 0 spiro atoms. The second-order valence-electron chi connectivity index (χ2n) is 9.75. The van der Waals surface area contributed by atoms with Crippen molar-refractivity contribution in [2.24, 2.45) is 23.2 Å². The fourth-order valence-electron chi connectivity index (χ4n) is 5.86. The van der Waals surface area contributed by atoms with Crippen molar-refractivity contribution in [3.63, 3.8) is 0 Å². The van der Waals surface area contributed by atoms with Crippen molar-refractivity contribution in [1.29, 1.82) is 0 Å². The summed E-state index contributed by atoms with van der Waals surface area (Å²) >= 11 is 0. The fourth-order valence-corrected chi connectivity index (χ4v) is 5.86. The van der Waals surface area contributed by atoms with E-state index in [0.717, 1.165) is 18.8 Å². The minimum Gasteiger partial charge on any atom is -0.463 e. The Hall–Kier alpha value is -0.870. The Bertz CT molecular complexity index is 539. The van der Waals surface area contributed by atoms with Crippen molar-refractivity contribution in [2.45, 2.75) is 91.6 Å². The lowest BCUT2D eigenvalue weighted by Crippen LogP contribution is -2.36. The minimum atomic E-state index is -0.156. The molecule has 0 aliphatic heterocycles. The van der Waals surface area contributed by atoms with Crippen LogP contribution in [-0.2, 0) is 19.0 Å². The third kappa shape index (κ3) is 5.82. The van der Waals surface area contributed by atoms with Crippen molar-refractivity contribution < 1.29 is 19.0 Å². The van der Waals surface area contributed by atoms with Crippen LogP contribution in [0.1, 0.15) is 86.0 Å². The Morgan fingerprint density at radius 1 is 1.36 bits per heavy atom. The topological polar surface area (TPSA) is 44.8 Å². The summed E-state index contributed by atoms with van der Waals surface area (Å²) in [6.07, 6.45) is 11.3. The van der Waals surface area contributed by atoms with Gasteiger partial charge in [0.05, 0.1) is 12.2 Å². The van der Waals surface area contributed by atoms with Crippen LogP contribution in [0.25, 0.3) is 0 Å². The van der Waals surface area contributed by atoms with Crippen LogP contribution in [-0.4, -0.2) is 32.1 Å². The Morgan fingerprint density at radius 3 is 2.79 bits per heavy atom. The van der Waals surface area contributed by atoms with E-state index < -0.39 is 0 Å². The quantitative estimate of drug-likeness (QED) is 0.263. The van der Waals surface area contributed by atoms with Gasteiger partial charge in [0.15, 0.2) is 0 Å². The van der Waals surface area contributed by atoms with Crippen LogP contribution in [0.5, 0.6) is 0 Å². The van der Waals surface area contributed by atoms with E-state index in [-0.39, 0.29) is 11.6 Å². The molecule has 0 saturated heterocycles. The predicted octanol–water partition coefficient (Wildman–Crippen LogP) is 5.90. The molecule has 2 saturated carbocycles. The lowest BCUT2D eigenvalue weighted by molar-refractivity contribution is -0.137. The summed E-state index contributed by atoms with van der Waals surface area (Å²) in [5, 5.41) is 0. The second kappa shape index (κ2) is 10.2. The van der Waals surface area contributed by atoms with E-state index in [1.807, 2.05) is 13.0 Å². The Kier molecular flexibility index (Phi) is 8.57. The van der Waals surface area contributed by atoms with Crippen LogP contribution < -0.4 is 0 Å². The van der Waals surface area contributed by atoms with E-state index in [4.69, 9.17) is 14.2 Å². The van der Waals surface area contributed by atoms with Gasteiger partial charge in [-0.15, -0.1) is 0 Å². The zero-order chi connectivity index (χ0) is 20.8. The molecule has 0 aromatic heterocycles. The number of allylic oxidation sites excluding steroid dienone is 1. The van der Waals surface area contributed by atoms with Crippen molar-refractivity contribution >= 4 is 5.97 Å². The number of ether oxygens (including phenoxy) is 3. The van der Waals surface area contributed by atoms with Gasteiger partial charge >= 0.3 is 5.97 Å². The summed E-state index contributed by atoms with van der Waals surface area (Å²) in [7, 11) is 1.67. The molecule has 0 aromatic rings. The van der Waals surface area contributed by atoms with Crippen LogP contribution in [0, 0.1) is 23.2 Å². The lowest BCUT2D eigenvalue weighted by Gasteiger charge is -2.44. The number of carbonyl (C=O) groups excluding carboxylic acids is 1. The number of esters is 1. The van der Waals surface area contributed by atoms with E-state index in [2.05, 4.69) is 27.7 Å². The molecule has 0 aromatic carbocycles. The molecular formula is C24H42O4. The summed E-state index contributed by atoms with van der Waals surface area (Å²) < 4.78 is 16.0. The third-order valence-corrected chi connectivity index (χ3v) is 7.32. The van der Waals surface area contributed by atoms with Crippen LogP contribution in [0.15, 0.2) is 11.6 Å². The molecule has 4 atom stereocenters. The van der Waals surface area contributed by atoms with Gasteiger partial charge in [-0.05, 0) is 82.5 Å². The van der Waals surface area contributed by atoms with Gasteiger partial charge in [-0.1, -0.05) is 32.3 Å². The van der Waals surface area contributed by atoms with Crippen LogP contribution in [0.2, 0.25) is 0 Å². The minimum absolute atomic E-state index is 0.127. The van der Waals surface area contributed by atoms with Gasteiger partial charge in [0, 0.05) is 13.2 Å². The summed E-state index contributed by atoms with van der Waals surface area (Å²) in [4.78, 5) is 12.0. The molecule has 2 aliphatic carbocycles. The number of carbonyl (C=O) groups is 1. The Labute approximate surface area is 172 Å². The summed E-state index contributed by atoms with van der Waals surface area (Å²) in [5.41, 5.74) is 1.55. The standard InChI is InChI=1S/C24H42O4/c1-7-27-22(25)16-19-11-9-15-24(5)20(12-13-21(19)24)18(2)10-8-14-23(3,4)28-17-26-6/h16,18,20-21H,7-15,17H2,1-6H3/b19-16+/t18-,20-,21+,24-/m1/s1. The molecule has 28 heavy (non-hydrogen) atoms. The number of hydrogen-bond donors (Lipinski definition) is 0. The van der Waals surface area contributed by atoms with Gasteiger partial charge < -0.3 is 14.2 Å². The van der Waals surface area contributed by atoms with E-state index in [0.29, 0.717) is 30.7 Å². The maximum Gasteiger partial charge on any atom is 0.330 e. The highest BCUT2D eigenvalue weighted by atomic mass is 16.7. The predicted molar refractivity (Wildman–Crippen MR) is 113 cm³/mol. The summed E-state index contributed by atoms with van der Waals surface area (Å²) in [6.45, 7) is 11.9. The first-order valence-electron chi connectivity index (χ1n) is 11.2. The molecule has 4 nitrogen and oxygen atoms in total. The van der Waals surface area contributed by atoms with E-state index >= 15 is 0 Å². The first-order valence-corrected chi connectivity index (χ1v) is 11.2. The van der Waals surface area contributed by atoms with E-state index in [9.17, 15) is 4.79 Å². The maximum absolute atomic E-state index is 12.0. The largest absolute Gasteiger partial charge is 0.463 e. The van der Waals surface area contributed by atoms with E-state index in [1.54, 1.807) is 7.11 Å². The molecule has 0 bridgehead atoms. The first kappa shape index (κ1) is 23.4. The highest BCUT2D eigenvalue weighted by Gasteiger charge is 2.50. The van der Waals surface area contributed by atoms with Crippen LogP contribution in [0.4, 0.5) is 0 Å². The summed E-state index contributed by atoms with van der Waals surface area (Å²) in [6, 6.07) is 0. The van der Waals surface area contributed by atoms with Gasteiger partial charge in [-0.3, -0.25) is 0 Å². The molecule has 0 radical (unpaired) electrons. The molecule has 2 fully saturated rings. The molecule has 0 N–H and O–H groups in total. The molecular weight excluding hydrogens is 352 g/mol. The monoisotopic (exact) mass is 394 g/mol. The highest BCUT2D eigenvalue weighted by molar-refractivity contribution is 5.83. The molecule has 4 heteroatoms. The summed E-state index contributed by atoms with van der Waals surface area (Å²) in [5.74, 6) is 1.85. The van der Waals surface area contributed by atoms with Crippen molar-refractivity contribution in [2.75, 3.05) is 20.5 Å². The normalized spacial score (nSPS) is 30.3.